The molecule has 6 aromatic carbocycles. The van der Waals surface area contributed by atoms with Crippen LogP contribution in [0.2, 0.25) is 0 Å². The molecule has 4 N–H and O–H groups in total. The summed E-state index contributed by atoms with van der Waals surface area (Å²) in [6, 6.07) is 41.4. The molecule has 0 radical (unpaired) electrons. The van der Waals surface area contributed by atoms with Gasteiger partial charge in [0.15, 0.2) is 11.5 Å². The minimum Gasteiger partial charge on any atom is -0.493 e. The number of hydrogen-bond acceptors (Lipinski definition) is 8. The number of methoxy groups -OCH3 is 2. The van der Waals surface area contributed by atoms with E-state index in [0.717, 1.165) is 33.2 Å². The van der Waals surface area contributed by atoms with Gasteiger partial charge in [-0.3, -0.25) is 9.44 Å². The lowest BCUT2D eigenvalue weighted by molar-refractivity contribution is 0.0684. The summed E-state index contributed by atoms with van der Waals surface area (Å²) in [7, 11) is -4.56. The molecule has 0 amide bonds. The number of rotatable bonds is 17. The summed E-state index contributed by atoms with van der Waals surface area (Å²) in [6.45, 7) is 0. The number of aryl methyl sites for hydroxylation is 4. The predicted octanol–water partition coefficient (Wildman–Crippen LogP) is 8.57. The van der Waals surface area contributed by atoms with Crippen molar-refractivity contribution in [2.24, 2.45) is 0 Å². The van der Waals surface area contributed by atoms with Crippen molar-refractivity contribution in [3.8, 4) is 11.5 Å². The molecular weight excluding hydrogens is 805 g/mol. The van der Waals surface area contributed by atoms with Gasteiger partial charge in [-0.05, 0) is 108 Å². The van der Waals surface area contributed by atoms with E-state index in [2.05, 4.69) is 9.44 Å². The van der Waals surface area contributed by atoms with Gasteiger partial charge in [-0.15, -0.1) is 0 Å². The quantitative estimate of drug-likeness (QED) is 0.0693. The van der Waals surface area contributed by atoms with Crippen molar-refractivity contribution in [3.63, 3.8) is 0 Å². The van der Waals surface area contributed by atoms with Crippen LogP contribution >= 0.6 is 0 Å². The number of carboxylic acids is 2. The fraction of sp³-hybridized carbons (Fsp3) is 0.130. The number of ether oxygens (including phenoxy) is 2. The zero-order chi connectivity index (χ0) is 43.1. The third-order valence-corrected chi connectivity index (χ3v) is 11.5. The van der Waals surface area contributed by atoms with Gasteiger partial charge in [-0.1, -0.05) is 91.0 Å². The van der Waals surface area contributed by atoms with Gasteiger partial charge in [-0.25, -0.2) is 26.4 Å². The first-order chi connectivity index (χ1) is 28.8. The van der Waals surface area contributed by atoms with Gasteiger partial charge < -0.3 is 19.7 Å². The Morgan fingerprint density at radius 3 is 1.57 bits per heavy atom. The summed E-state index contributed by atoms with van der Waals surface area (Å²) in [5.41, 5.74) is 5.51. The Labute approximate surface area is 349 Å². The normalized spacial score (nSPS) is 11.2. The van der Waals surface area contributed by atoms with Crippen LogP contribution < -0.4 is 18.9 Å². The maximum Gasteiger partial charge on any atom is 0.335 e. The summed E-state index contributed by atoms with van der Waals surface area (Å²) < 4.78 is 65.7. The van der Waals surface area contributed by atoms with E-state index in [1.165, 1.54) is 38.5 Å². The van der Waals surface area contributed by atoms with Crippen LogP contribution in [0.5, 0.6) is 11.5 Å². The molecule has 0 aliphatic rings. The second-order valence-corrected chi connectivity index (χ2v) is 16.6. The Morgan fingerprint density at radius 2 is 1.05 bits per heavy atom. The van der Waals surface area contributed by atoms with Crippen molar-refractivity contribution in [2.75, 3.05) is 23.7 Å². The fourth-order valence-corrected chi connectivity index (χ4v) is 8.09. The molecule has 0 aromatic heterocycles. The molecule has 310 valence electrons. The maximum atomic E-state index is 12.8. The first-order valence-corrected chi connectivity index (χ1v) is 21.6. The highest BCUT2D eigenvalue weighted by Crippen LogP contribution is 2.30. The first-order valence-electron chi connectivity index (χ1n) is 18.6. The average Bonchev–Trinajstić information content (AvgIpc) is 3.24. The molecule has 14 heteroatoms. The highest BCUT2D eigenvalue weighted by atomic mass is 32.2. The number of nitrogens with one attached hydrogen (secondary N) is 2. The molecule has 0 fully saturated rings. The zero-order valence-corrected chi connectivity index (χ0v) is 34.4. The molecule has 0 saturated heterocycles. The molecule has 0 atom stereocenters. The number of benzene rings is 6. The Bertz CT molecular complexity index is 2680. The van der Waals surface area contributed by atoms with E-state index in [1.54, 1.807) is 78.9 Å². The van der Waals surface area contributed by atoms with Crippen LogP contribution in [-0.4, -0.2) is 53.2 Å². The van der Waals surface area contributed by atoms with Crippen LogP contribution in [-0.2, 0) is 45.7 Å². The minimum atomic E-state index is -3.84. The van der Waals surface area contributed by atoms with Gasteiger partial charge >= 0.3 is 11.9 Å². The smallest absolute Gasteiger partial charge is 0.335 e. The lowest BCUT2D eigenvalue weighted by atomic mass is 10.00. The van der Waals surface area contributed by atoms with Crippen molar-refractivity contribution in [1.29, 1.82) is 0 Å². The van der Waals surface area contributed by atoms with Crippen LogP contribution in [0.3, 0.4) is 0 Å². The van der Waals surface area contributed by atoms with Crippen molar-refractivity contribution < 1.29 is 46.1 Å². The summed E-state index contributed by atoms with van der Waals surface area (Å²) in [4.78, 5) is 22.7. The highest BCUT2D eigenvalue weighted by Gasteiger charge is 2.18. The first kappa shape index (κ1) is 44.2. The third-order valence-electron chi connectivity index (χ3n) is 9.13. The monoisotopic (exact) mass is 848 g/mol. The molecule has 12 nitrogen and oxygen atoms in total. The number of carbonyl (C=O) groups is 2. The summed E-state index contributed by atoms with van der Waals surface area (Å²) in [5.74, 6) is -1.17. The summed E-state index contributed by atoms with van der Waals surface area (Å²) >= 11 is 0. The van der Waals surface area contributed by atoms with E-state index in [-0.39, 0.29) is 16.0 Å². The molecular formula is C46H44N2O10S2. The number of hydrogen-bond donors (Lipinski definition) is 4. The molecule has 6 rings (SSSR count). The van der Waals surface area contributed by atoms with Crippen LogP contribution in [0.1, 0.15) is 48.5 Å². The Morgan fingerprint density at radius 1 is 0.550 bits per heavy atom. The number of sulfonamides is 2. The topological polar surface area (TPSA) is 185 Å². The number of carboxylic acid groups (broad SMARTS) is 2. The van der Waals surface area contributed by atoms with Gasteiger partial charge in [-0.2, -0.15) is 0 Å². The van der Waals surface area contributed by atoms with Crippen LogP contribution in [0.4, 0.5) is 11.4 Å². The molecule has 0 bridgehead atoms. The van der Waals surface area contributed by atoms with Gasteiger partial charge in [0, 0.05) is 17.4 Å². The fourth-order valence-electron chi connectivity index (χ4n) is 6.16. The lowest BCUT2D eigenvalue weighted by Crippen LogP contribution is -2.13. The van der Waals surface area contributed by atoms with E-state index in [9.17, 15) is 36.6 Å². The van der Waals surface area contributed by atoms with E-state index in [4.69, 9.17) is 9.47 Å². The van der Waals surface area contributed by atoms with E-state index < -0.39 is 32.0 Å². The van der Waals surface area contributed by atoms with Crippen LogP contribution in [0.15, 0.2) is 156 Å². The van der Waals surface area contributed by atoms with E-state index in [0.29, 0.717) is 48.6 Å². The Balaban J connectivity index is 0.000000228. The van der Waals surface area contributed by atoms with Gasteiger partial charge in [0.05, 0.1) is 35.7 Å². The SMILES string of the molecule is COc1ccc(S(=O)(=O)Nc2cccc(CCc3ccccc3C(=O)O)c2)cc1OC.O=C(O)c1ccccc1CCc1cccc(NS(=O)(=O)/C=C/c2ccccc2)c1. The van der Waals surface area contributed by atoms with Gasteiger partial charge in [0.25, 0.3) is 20.0 Å². The Hall–Kier alpha value is -6.90. The van der Waals surface area contributed by atoms with E-state index >= 15 is 0 Å². The second kappa shape index (κ2) is 20.7. The Kier molecular flexibility index (Phi) is 15.2. The predicted molar refractivity (Wildman–Crippen MR) is 233 cm³/mol. The van der Waals surface area contributed by atoms with Crippen molar-refractivity contribution in [1.82, 2.24) is 0 Å². The highest BCUT2D eigenvalue weighted by molar-refractivity contribution is 7.95. The average molecular weight is 849 g/mol. The molecule has 0 saturated carbocycles. The van der Waals surface area contributed by atoms with Crippen molar-refractivity contribution >= 4 is 49.4 Å². The number of anilines is 2. The molecule has 0 aliphatic carbocycles. The lowest BCUT2D eigenvalue weighted by Gasteiger charge is -2.12. The standard InChI is InChI=1S/C23H23NO6S.C23H21NO4S/c1-29-21-13-12-19(15-22(21)30-2)31(27,28)24-18-8-5-6-16(14-18)10-11-17-7-3-4-9-20(17)23(25)26;25-23(26)22-12-5-4-10-20(22)14-13-19-9-6-11-21(17-19)24-29(27,28)16-15-18-7-2-1-3-8-18/h3-9,12-15,24H,10-11H2,1-2H3,(H,25,26);1-12,15-17,24H,13-14H2,(H,25,26)/b;16-15+. The van der Waals surface area contributed by atoms with E-state index in [1.807, 2.05) is 48.5 Å². The molecule has 0 spiro atoms. The number of aromatic carboxylic acids is 2. The minimum absolute atomic E-state index is 0.0472. The molecule has 0 heterocycles. The second-order valence-electron chi connectivity index (χ2n) is 13.3. The zero-order valence-electron chi connectivity index (χ0n) is 32.8. The molecule has 60 heavy (non-hydrogen) atoms. The van der Waals surface area contributed by atoms with Gasteiger partial charge in [0.2, 0.25) is 0 Å². The van der Waals surface area contributed by atoms with Crippen molar-refractivity contribution in [2.45, 2.75) is 30.6 Å². The van der Waals surface area contributed by atoms with Crippen LogP contribution in [0.25, 0.3) is 6.08 Å². The molecule has 6 aromatic rings. The van der Waals surface area contributed by atoms with Gasteiger partial charge in [0.1, 0.15) is 0 Å². The van der Waals surface area contributed by atoms with Crippen LogP contribution in [0, 0.1) is 0 Å². The maximum absolute atomic E-state index is 12.8. The molecule has 0 unspecified atom stereocenters. The molecule has 0 aliphatic heterocycles. The largest absolute Gasteiger partial charge is 0.493 e. The summed E-state index contributed by atoms with van der Waals surface area (Å²) in [5, 5.41) is 19.7. The third kappa shape index (κ3) is 12.8. The van der Waals surface area contributed by atoms with Crippen molar-refractivity contribution in [3.05, 3.63) is 190 Å². The summed E-state index contributed by atoms with van der Waals surface area (Å²) in [6.07, 6.45) is 3.77.